The molecular formula is C18H15FN2O2. The van der Waals surface area contributed by atoms with E-state index in [-0.39, 0.29) is 11.3 Å². The highest BCUT2D eigenvalue weighted by atomic mass is 19.1. The molecule has 0 aliphatic rings. The highest BCUT2D eigenvalue weighted by Crippen LogP contribution is 2.24. The Morgan fingerprint density at radius 2 is 1.78 bits per heavy atom. The summed E-state index contributed by atoms with van der Waals surface area (Å²) >= 11 is 0. The second kappa shape index (κ2) is 6.75. The summed E-state index contributed by atoms with van der Waals surface area (Å²) in [6.45, 7) is 3.48. The van der Waals surface area contributed by atoms with Crippen molar-refractivity contribution >= 4 is 17.7 Å². The highest BCUT2D eigenvalue weighted by molar-refractivity contribution is 6.09. The third kappa shape index (κ3) is 3.95. The maximum Gasteiger partial charge on any atom is 0.266 e. The van der Waals surface area contributed by atoms with E-state index >= 15 is 0 Å². The van der Waals surface area contributed by atoms with Crippen LogP contribution in [-0.2, 0) is 4.79 Å². The lowest BCUT2D eigenvalue weighted by molar-refractivity contribution is -0.112. The molecule has 2 aromatic rings. The number of phenolic OH excluding ortho intramolecular Hbond substituents is 1. The first-order chi connectivity index (χ1) is 10.9. The summed E-state index contributed by atoms with van der Waals surface area (Å²) in [7, 11) is 0. The molecule has 0 radical (unpaired) electrons. The van der Waals surface area contributed by atoms with Gasteiger partial charge in [-0.3, -0.25) is 4.79 Å². The van der Waals surface area contributed by atoms with E-state index in [1.807, 2.05) is 6.07 Å². The molecule has 0 aromatic heterocycles. The van der Waals surface area contributed by atoms with Crippen LogP contribution >= 0.6 is 0 Å². The first-order valence-electron chi connectivity index (χ1n) is 6.89. The number of hydrogen-bond donors (Lipinski definition) is 2. The van der Waals surface area contributed by atoms with Crippen LogP contribution in [0.4, 0.5) is 10.1 Å². The Labute approximate surface area is 133 Å². The fourth-order valence-electron chi connectivity index (χ4n) is 2.12. The van der Waals surface area contributed by atoms with Gasteiger partial charge in [0.1, 0.15) is 23.2 Å². The van der Waals surface area contributed by atoms with Gasteiger partial charge >= 0.3 is 0 Å². The molecular weight excluding hydrogens is 295 g/mol. The molecule has 0 saturated heterocycles. The molecule has 1 amide bonds. The van der Waals surface area contributed by atoms with E-state index < -0.39 is 11.7 Å². The van der Waals surface area contributed by atoms with Gasteiger partial charge in [0.25, 0.3) is 5.91 Å². The zero-order valence-electron chi connectivity index (χ0n) is 12.7. The molecule has 0 fully saturated rings. The summed E-state index contributed by atoms with van der Waals surface area (Å²) in [6.07, 6.45) is 1.44. The van der Waals surface area contributed by atoms with E-state index in [9.17, 15) is 19.6 Å². The molecule has 2 N–H and O–H groups in total. The van der Waals surface area contributed by atoms with Crippen molar-refractivity contribution in [3.63, 3.8) is 0 Å². The van der Waals surface area contributed by atoms with Crippen molar-refractivity contribution in [2.75, 3.05) is 5.32 Å². The fourth-order valence-corrected chi connectivity index (χ4v) is 2.12. The van der Waals surface area contributed by atoms with Gasteiger partial charge in [-0.2, -0.15) is 5.26 Å². The number of nitrogens with one attached hydrogen (secondary N) is 1. The molecule has 0 atom stereocenters. The van der Waals surface area contributed by atoms with E-state index in [1.165, 1.54) is 30.3 Å². The molecule has 0 aliphatic carbocycles. The van der Waals surface area contributed by atoms with Gasteiger partial charge in [0.2, 0.25) is 0 Å². The van der Waals surface area contributed by atoms with Crippen LogP contribution < -0.4 is 5.32 Å². The molecule has 0 bridgehead atoms. The molecule has 4 nitrogen and oxygen atoms in total. The molecule has 2 rings (SSSR count). The Hall–Kier alpha value is -3.13. The maximum atomic E-state index is 12.8. The molecule has 2 aromatic carbocycles. The smallest absolute Gasteiger partial charge is 0.266 e. The van der Waals surface area contributed by atoms with Crippen molar-refractivity contribution in [1.82, 2.24) is 0 Å². The van der Waals surface area contributed by atoms with E-state index in [2.05, 4.69) is 5.32 Å². The Balaban J connectivity index is 2.26. The van der Waals surface area contributed by atoms with E-state index in [0.29, 0.717) is 22.4 Å². The summed E-state index contributed by atoms with van der Waals surface area (Å²) in [5, 5.41) is 21.5. The van der Waals surface area contributed by atoms with Gasteiger partial charge in [0.15, 0.2) is 0 Å². The fraction of sp³-hybridized carbons (Fsp3) is 0.111. The first-order valence-corrected chi connectivity index (χ1v) is 6.89. The van der Waals surface area contributed by atoms with Gasteiger partial charge in [-0.25, -0.2) is 4.39 Å². The van der Waals surface area contributed by atoms with Crippen LogP contribution in [0.1, 0.15) is 16.7 Å². The number of amides is 1. The lowest BCUT2D eigenvalue weighted by Gasteiger charge is -2.06. The molecule has 0 spiro atoms. The number of carbonyl (C=O) groups excluding carboxylic acids is 1. The van der Waals surface area contributed by atoms with Crippen molar-refractivity contribution < 1.29 is 14.3 Å². The predicted molar refractivity (Wildman–Crippen MR) is 86.2 cm³/mol. The number of carbonyl (C=O) groups is 1. The Morgan fingerprint density at radius 1 is 1.22 bits per heavy atom. The number of hydrogen-bond acceptors (Lipinski definition) is 3. The van der Waals surface area contributed by atoms with Crippen LogP contribution in [-0.4, -0.2) is 11.0 Å². The second-order valence-electron chi connectivity index (χ2n) is 5.13. The maximum absolute atomic E-state index is 12.8. The Kier molecular flexibility index (Phi) is 4.77. The zero-order valence-corrected chi connectivity index (χ0v) is 12.7. The summed E-state index contributed by atoms with van der Waals surface area (Å²) in [4.78, 5) is 12.1. The Morgan fingerprint density at radius 3 is 2.30 bits per heavy atom. The minimum absolute atomic E-state index is 0.0844. The minimum Gasteiger partial charge on any atom is -0.507 e. The van der Waals surface area contributed by atoms with Gasteiger partial charge in [-0.05, 0) is 73.0 Å². The summed E-state index contributed by atoms with van der Waals surface area (Å²) in [6, 6.07) is 10.5. The molecule has 23 heavy (non-hydrogen) atoms. The van der Waals surface area contributed by atoms with Crippen molar-refractivity contribution in [1.29, 1.82) is 5.26 Å². The van der Waals surface area contributed by atoms with Crippen LogP contribution in [0.5, 0.6) is 5.75 Å². The Bertz CT molecular complexity index is 795. The number of aromatic hydroxyl groups is 1. The quantitative estimate of drug-likeness (QED) is 0.670. The van der Waals surface area contributed by atoms with E-state index in [0.717, 1.165) is 0 Å². The number of nitrogens with zero attached hydrogens (tertiary/aromatic N) is 1. The molecule has 116 valence electrons. The van der Waals surface area contributed by atoms with Crippen molar-refractivity contribution in [2.24, 2.45) is 0 Å². The normalized spacial score (nSPS) is 11.0. The summed E-state index contributed by atoms with van der Waals surface area (Å²) < 4.78 is 12.8. The topological polar surface area (TPSA) is 73.1 Å². The van der Waals surface area contributed by atoms with Crippen LogP contribution in [0.15, 0.2) is 42.0 Å². The van der Waals surface area contributed by atoms with E-state index in [1.54, 1.807) is 26.0 Å². The van der Waals surface area contributed by atoms with Crippen LogP contribution in [0.2, 0.25) is 0 Å². The molecule has 0 unspecified atom stereocenters. The highest BCUT2D eigenvalue weighted by Gasteiger charge is 2.10. The average Bonchev–Trinajstić information content (AvgIpc) is 2.52. The van der Waals surface area contributed by atoms with Crippen molar-refractivity contribution in [2.45, 2.75) is 13.8 Å². The van der Waals surface area contributed by atoms with Crippen LogP contribution in [0.25, 0.3) is 6.08 Å². The van der Waals surface area contributed by atoms with Gasteiger partial charge < -0.3 is 10.4 Å². The lowest BCUT2D eigenvalue weighted by atomic mass is 10.0. The van der Waals surface area contributed by atoms with Gasteiger partial charge in [-0.15, -0.1) is 0 Å². The third-order valence-electron chi connectivity index (χ3n) is 3.29. The van der Waals surface area contributed by atoms with Crippen molar-refractivity contribution in [3.05, 3.63) is 64.5 Å². The number of anilines is 1. The molecule has 5 heteroatoms. The van der Waals surface area contributed by atoms with Gasteiger partial charge in [0.05, 0.1) is 0 Å². The standard InChI is InChI=1S/C18H15FN2O2/c1-11-7-13(8-12(2)17(11)22)9-14(10-20)18(23)21-16-5-3-15(19)4-6-16/h3-9,22H,1-2H3,(H,21,23). The van der Waals surface area contributed by atoms with Crippen LogP contribution in [0, 0.1) is 31.0 Å². The van der Waals surface area contributed by atoms with Gasteiger partial charge in [0, 0.05) is 5.69 Å². The summed E-state index contributed by atoms with van der Waals surface area (Å²) in [5.74, 6) is -0.798. The van der Waals surface area contributed by atoms with E-state index in [4.69, 9.17) is 0 Å². The second-order valence-corrected chi connectivity index (χ2v) is 5.13. The average molecular weight is 310 g/mol. The summed E-state index contributed by atoms with van der Waals surface area (Å²) in [5.41, 5.74) is 2.28. The number of rotatable bonds is 3. The van der Waals surface area contributed by atoms with Gasteiger partial charge in [-0.1, -0.05) is 0 Å². The zero-order chi connectivity index (χ0) is 17.0. The largest absolute Gasteiger partial charge is 0.507 e. The van der Waals surface area contributed by atoms with Crippen LogP contribution in [0.3, 0.4) is 0 Å². The number of aryl methyl sites for hydroxylation is 2. The number of nitriles is 1. The number of halogens is 1. The lowest BCUT2D eigenvalue weighted by Crippen LogP contribution is -2.13. The third-order valence-corrected chi connectivity index (χ3v) is 3.29. The SMILES string of the molecule is Cc1cc(C=C(C#N)C(=O)Nc2ccc(F)cc2)cc(C)c1O. The van der Waals surface area contributed by atoms with Crippen molar-refractivity contribution in [3.8, 4) is 11.8 Å². The first kappa shape index (κ1) is 16.2. The number of phenols is 1. The monoisotopic (exact) mass is 310 g/mol. The predicted octanol–water partition coefficient (Wildman–Crippen LogP) is 3.69. The molecule has 0 aliphatic heterocycles. The molecule has 0 saturated carbocycles. The molecule has 0 heterocycles. The minimum atomic E-state index is -0.581. The number of benzene rings is 2.